The topological polar surface area (TPSA) is 36.5 Å². The summed E-state index contributed by atoms with van der Waals surface area (Å²) in [6.07, 6.45) is 4.29. The van der Waals surface area contributed by atoms with Crippen molar-refractivity contribution < 1.29 is 4.74 Å². The van der Waals surface area contributed by atoms with E-state index in [9.17, 15) is 0 Å². The lowest BCUT2D eigenvalue weighted by Crippen LogP contribution is -2.53. The van der Waals surface area contributed by atoms with Gasteiger partial charge in [0.05, 0.1) is 13.2 Å². The summed E-state index contributed by atoms with van der Waals surface area (Å²) in [7, 11) is 0. The first kappa shape index (κ1) is 19.4. The Morgan fingerprint density at radius 1 is 1.32 bits per heavy atom. The van der Waals surface area contributed by atoms with Crippen molar-refractivity contribution >= 4 is 17.3 Å². The van der Waals surface area contributed by atoms with E-state index in [-0.39, 0.29) is 5.54 Å². The van der Waals surface area contributed by atoms with Crippen LogP contribution >= 0.6 is 12.2 Å². The molecule has 22 heavy (non-hydrogen) atoms. The van der Waals surface area contributed by atoms with E-state index in [0.29, 0.717) is 0 Å². The molecule has 1 unspecified atom stereocenters. The summed E-state index contributed by atoms with van der Waals surface area (Å²) in [6.45, 7) is 16.2. The highest BCUT2D eigenvalue weighted by Gasteiger charge is 2.27. The highest BCUT2D eigenvalue weighted by molar-refractivity contribution is 7.80. The average Bonchev–Trinajstić information content (AvgIpc) is 2.47. The molecule has 0 amide bonds. The van der Waals surface area contributed by atoms with E-state index in [2.05, 4.69) is 42.9 Å². The van der Waals surface area contributed by atoms with Gasteiger partial charge in [0.1, 0.15) is 0 Å². The Morgan fingerprint density at radius 2 is 2.00 bits per heavy atom. The Morgan fingerprint density at radius 3 is 2.55 bits per heavy atom. The second-order valence-electron chi connectivity index (χ2n) is 6.35. The van der Waals surface area contributed by atoms with E-state index in [1.165, 1.54) is 5.57 Å². The zero-order chi connectivity index (χ0) is 16.4. The summed E-state index contributed by atoms with van der Waals surface area (Å²) >= 11 is 5.51. The minimum absolute atomic E-state index is 0.0453. The molecule has 1 atom stereocenters. The number of ether oxygens (including phenoxy) is 1. The monoisotopic (exact) mass is 327 g/mol. The molecule has 1 rings (SSSR count). The molecule has 1 aliphatic heterocycles. The third-order valence-corrected chi connectivity index (χ3v) is 4.49. The molecule has 1 aliphatic rings. The first-order chi connectivity index (χ1) is 10.5. The predicted molar refractivity (Wildman–Crippen MR) is 98.4 cm³/mol. The van der Waals surface area contributed by atoms with Crippen molar-refractivity contribution in [2.45, 2.75) is 52.0 Å². The van der Waals surface area contributed by atoms with Gasteiger partial charge < -0.3 is 15.4 Å². The van der Waals surface area contributed by atoms with E-state index in [4.69, 9.17) is 17.0 Å². The molecule has 2 N–H and O–H groups in total. The molecule has 0 aromatic carbocycles. The van der Waals surface area contributed by atoms with Gasteiger partial charge in [0.2, 0.25) is 0 Å². The third-order valence-electron chi connectivity index (χ3n) is 4.24. The van der Waals surface area contributed by atoms with Crippen LogP contribution < -0.4 is 10.6 Å². The maximum Gasteiger partial charge on any atom is 0.166 e. The van der Waals surface area contributed by atoms with Crippen LogP contribution in [0.25, 0.3) is 0 Å². The maximum atomic E-state index is 5.51. The number of morpholine rings is 1. The van der Waals surface area contributed by atoms with Crippen LogP contribution in [0.1, 0.15) is 46.5 Å². The first-order valence-corrected chi connectivity index (χ1v) is 8.92. The highest BCUT2D eigenvalue weighted by atomic mass is 32.1. The van der Waals surface area contributed by atoms with Crippen LogP contribution in [-0.4, -0.2) is 54.9 Å². The fraction of sp³-hybridized carbons (Fsp3) is 0.824. The summed E-state index contributed by atoms with van der Waals surface area (Å²) in [6, 6.07) is 0. The summed E-state index contributed by atoms with van der Waals surface area (Å²) in [5, 5.41) is 7.69. The van der Waals surface area contributed by atoms with Gasteiger partial charge in [-0.15, -0.1) is 6.58 Å². The van der Waals surface area contributed by atoms with Crippen LogP contribution in [0.2, 0.25) is 0 Å². The van der Waals surface area contributed by atoms with E-state index >= 15 is 0 Å². The van der Waals surface area contributed by atoms with Crippen molar-refractivity contribution in [3.8, 4) is 0 Å². The molecular weight excluding hydrogens is 294 g/mol. The van der Waals surface area contributed by atoms with Crippen molar-refractivity contribution in [1.29, 1.82) is 0 Å². The third kappa shape index (κ3) is 7.07. The summed E-state index contributed by atoms with van der Waals surface area (Å²) < 4.78 is 5.36. The van der Waals surface area contributed by atoms with Gasteiger partial charge >= 0.3 is 0 Å². The van der Waals surface area contributed by atoms with Crippen LogP contribution in [0.4, 0.5) is 0 Å². The van der Waals surface area contributed by atoms with Crippen LogP contribution in [-0.2, 0) is 4.74 Å². The van der Waals surface area contributed by atoms with Crippen LogP contribution in [0.3, 0.4) is 0 Å². The van der Waals surface area contributed by atoms with Crippen molar-refractivity contribution in [2.24, 2.45) is 0 Å². The summed E-state index contributed by atoms with van der Waals surface area (Å²) in [4.78, 5) is 2.41. The number of hydrogen-bond donors (Lipinski definition) is 2. The molecule has 1 saturated heterocycles. The number of nitrogens with one attached hydrogen (secondary N) is 2. The molecule has 128 valence electrons. The van der Waals surface area contributed by atoms with E-state index < -0.39 is 0 Å². The standard InChI is InChI=1S/C17H33N3OS/c1-5-7-17(6-2,14-15(3)4)19-16(22)18-8-9-20-10-12-21-13-11-20/h3,5-14H2,1-2,4H3,(H2,18,19,22). The fourth-order valence-corrected chi connectivity index (χ4v) is 3.40. The molecule has 0 spiro atoms. The second kappa shape index (κ2) is 10.2. The van der Waals surface area contributed by atoms with Crippen LogP contribution in [0.5, 0.6) is 0 Å². The Kier molecular flexibility index (Phi) is 8.98. The van der Waals surface area contributed by atoms with Gasteiger partial charge in [-0.25, -0.2) is 0 Å². The van der Waals surface area contributed by atoms with Crippen molar-refractivity contribution in [3.63, 3.8) is 0 Å². The second-order valence-corrected chi connectivity index (χ2v) is 6.76. The molecule has 0 aromatic heterocycles. The number of hydrogen-bond acceptors (Lipinski definition) is 3. The smallest absolute Gasteiger partial charge is 0.166 e. The molecule has 1 fully saturated rings. The molecule has 4 nitrogen and oxygen atoms in total. The Balaban J connectivity index is 2.39. The van der Waals surface area contributed by atoms with Crippen molar-refractivity contribution in [2.75, 3.05) is 39.4 Å². The van der Waals surface area contributed by atoms with Gasteiger partial charge in [-0.2, -0.15) is 0 Å². The number of rotatable bonds is 9. The fourth-order valence-electron chi connectivity index (χ4n) is 3.08. The van der Waals surface area contributed by atoms with Gasteiger partial charge in [-0.05, 0) is 38.4 Å². The quantitative estimate of drug-likeness (QED) is 0.503. The Bertz CT molecular complexity index is 356. The van der Waals surface area contributed by atoms with Gasteiger partial charge in [-0.1, -0.05) is 25.8 Å². The first-order valence-electron chi connectivity index (χ1n) is 8.52. The van der Waals surface area contributed by atoms with Gasteiger partial charge in [0.25, 0.3) is 0 Å². The van der Waals surface area contributed by atoms with Gasteiger partial charge in [0.15, 0.2) is 5.11 Å². The lowest BCUT2D eigenvalue weighted by Gasteiger charge is -2.36. The molecule has 5 heteroatoms. The van der Waals surface area contributed by atoms with Crippen LogP contribution in [0.15, 0.2) is 12.2 Å². The highest BCUT2D eigenvalue weighted by Crippen LogP contribution is 2.25. The summed E-state index contributed by atoms with van der Waals surface area (Å²) in [5.41, 5.74) is 1.25. The lowest BCUT2D eigenvalue weighted by atomic mass is 9.85. The Labute approximate surface area is 141 Å². The molecular formula is C17H33N3OS. The molecule has 0 aromatic rings. The van der Waals surface area contributed by atoms with E-state index in [1.807, 2.05) is 0 Å². The lowest BCUT2D eigenvalue weighted by molar-refractivity contribution is 0.0389. The van der Waals surface area contributed by atoms with Gasteiger partial charge in [-0.3, -0.25) is 4.90 Å². The average molecular weight is 328 g/mol. The van der Waals surface area contributed by atoms with Crippen LogP contribution in [0, 0.1) is 0 Å². The van der Waals surface area contributed by atoms with Crippen molar-refractivity contribution in [3.05, 3.63) is 12.2 Å². The minimum Gasteiger partial charge on any atom is -0.379 e. The maximum absolute atomic E-state index is 5.51. The molecule has 1 heterocycles. The van der Waals surface area contributed by atoms with Crippen molar-refractivity contribution in [1.82, 2.24) is 15.5 Å². The Hall–Kier alpha value is -0.650. The predicted octanol–water partition coefficient (Wildman–Crippen LogP) is 2.70. The summed E-state index contributed by atoms with van der Waals surface area (Å²) in [5.74, 6) is 0. The van der Waals surface area contributed by atoms with Gasteiger partial charge in [0, 0.05) is 31.7 Å². The largest absolute Gasteiger partial charge is 0.379 e. The number of thiocarbonyl (C=S) groups is 1. The van der Waals surface area contributed by atoms with E-state index in [1.54, 1.807) is 0 Å². The number of nitrogens with zero attached hydrogens (tertiary/aromatic N) is 1. The molecule has 0 radical (unpaired) electrons. The molecule has 0 aliphatic carbocycles. The zero-order valence-electron chi connectivity index (χ0n) is 14.5. The molecule has 0 bridgehead atoms. The van der Waals surface area contributed by atoms with E-state index in [0.717, 1.165) is 70.2 Å². The minimum atomic E-state index is 0.0453. The SMILES string of the molecule is C=C(C)CC(CC)(CCC)NC(=S)NCCN1CCOCC1. The normalized spacial score (nSPS) is 18.5. The zero-order valence-corrected chi connectivity index (χ0v) is 15.4. The molecule has 0 saturated carbocycles.